The van der Waals surface area contributed by atoms with Gasteiger partial charge in [-0.3, -0.25) is 4.98 Å². The van der Waals surface area contributed by atoms with E-state index in [4.69, 9.17) is 14.7 Å². The quantitative estimate of drug-likeness (QED) is 0.127. The maximum atomic E-state index is 6.94. The molecule has 4 aromatic heterocycles. The molecule has 0 saturated heterocycles. The minimum atomic E-state index is 0. The molecule has 1 aliphatic rings. The number of fused-ring (bicyclic) bond motifs is 12. The molecule has 8 heteroatoms. The van der Waals surface area contributed by atoms with Crippen molar-refractivity contribution < 1.29 is 25.8 Å². The predicted octanol–water partition coefficient (Wildman–Crippen LogP) is 13.0. The Morgan fingerprint density at radius 2 is 1.28 bits per heavy atom. The Morgan fingerprint density at radius 3 is 2.10 bits per heavy atom. The Hall–Kier alpha value is -6.95. The van der Waals surface area contributed by atoms with Gasteiger partial charge in [-0.1, -0.05) is 112 Å². The number of para-hydroxylation sites is 6. The van der Waals surface area contributed by atoms with Crippen molar-refractivity contribution in [3.8, 4) is 17.2 Å². The summed E-state index contributed by atoms with van der Waals surface area (Å²) in [4.78, 5) is 14.5. The second-order valence-corrected chi connectivity index (χ2v) is 15.4. The number of benzene rings is 7. The maximum absolute atomic E-state index is 6.94. The summed E-state index contributed by atoms with van der Waals surface area (Å²) in [7, 11) is 0. The van der Waals surface area contributed by atoms with Crippen LogP contribution in [0.1, 0.15) is 16.7 Å². The molecule has 5 heterocycles. The molecule has 0 bridgehead atoms. The van der Waals surface area contributed by atoms with Crippen molar-refractivity contribution in [1.29, 1.82) is 0 Å². The average Bonchev–Trinajstić information content (AvgIpc) is 3.94. The largest absolute Gasteiger partial charge is 0.503 e. The van der Waals surface area contributed by atoms with Gasteiger partial charge >= 0.3 is 0 Å². The van der Waals surface area contributed by atoms with Gasteiger partial charge in [0, 0.05) is 67.0 Å². The van der Waals surface area contributed by atoms with Gasteiger partial charge in [0.05, 0.1) is 16.7 Å². The third-order valence-electron chi connectivity index (χ3n) is 11.6. The normalized spacial score (nSPS) is 12.7. The van der Waals surface area contributed by atoms with Crippen LogP contribution in [0.4, 0.5) is 22.7 Å². The van der Waals surface area contributed by atoms with Crippen molar-refractivity contribution in [1.82, 2.24) is 18.9 Å². The van der Waals surface area contributed by atoms with Crippen molar-refractivity contribution in [3.63, 3.8) is 0 Å². The number of pyridine rings is 2. The fraction of sp³-hybridized carbons (Fsp3) is 0.0577. The minimum absolute atomic E-state index is 0. The molecule has 0 saturated carbocycles. The third kappa shape index (κ3) is 5.39. The number of ether oxygens (including phenoxy) is 1. The van der Waals surface area contributed by atoms with Gasteiger partial charge in [-0.2, -0.15) is 0 Å². The predicted molar refractivity (Wildman–Crippen MR) is 240 cm³/mol. The van der Waals surface area contributed by atoms with Crippen LogP contribution >= 0.6 is 0 Å². The van der Waals surface area contributed by atoms with Gasteiger partial charge in [0.2, 0.25) is 0 Å². The maximum Gasteiger partial charge on any atom is 0.128 e. The monoisotopic (exact) mass is 954 g/mol. The Morgan fingerprint density at radius 1 is 0.583 bits per heavy atom. The molecule has 7 aromatic carbocycles. The zero-order valence-corrected chi connectivity index (χ0v) is 35.2. The van der Waals surface area contributed by atoms with E-state index in [0.717, 1.165) is 83.0 Å². The van der Waals surface area contributed by atoms with Gasteiger partial charge in [-0.15, -0.1) is 30.9 Å². The molecule has 0 unspecified atom stereocenters. The van der Waals surface area contributed by atoms with Gasteiger partial charge in [0.15, 0.2) is 0 Å². The SMILES string of the molecule is Cc1cc(C)c(N2[CH-]N(c3[c-]c(Oc4[c-]c5c(cc4)c4cccnc4n4c6ccccc6nc54)cc4c3c3ccccc3n4-c3ccccc3)c3ccccc32)c(C)c1.[Pt]. The van der Waals surface area contributed by atoms with Crippen LogP contribution in [-0.2, 0) is 21.1 Å². The Labute approximate surface area is 361 Å². The van der Waals surface area contributed by atoms with Crippen LogP contribution in [0.2, 0.25) is 0 Å². The summed E-state index contributed by atoms with van der Waals surface area (Å²) in [5.74, 6) is 1.14. The summed E-state index contributed by atoms with van der Waals surface area (Å²) in [6.45, 7) is 8.75. The second kappa shape index (κ2) is 13.8. The molecule has 60 heavy (non-hydrogen) atoms. The first kappa shape index (κ1) is 36.2. The van der Waals surface area contributed by atoms with Crippen LogP contribution in [0.25, 0.3) is 66.0 Å². The van der Waals surface area contributed by atoms with E-state index in [-0.39, 0.29) is 21.1 Å². The molecule has 0 spiro atoms. The standard InChI is InChI=1S/C52H35N6O.Pt/c1-32-26-33(2)50(34(3)27-32)56-31-55(45-21-11-12-22-46(45)56)47-29-37(30-48-49(47)40-16-7-9-19-43(40)57(48)35-14-5-4-6-15-35)59-36-23-24-38-39-17-13-25-53-51(39)58-44-20-10-8-18-42(44)54-52(58)41(38)28-36;/h4-27,30-31H,1-3H3;/q-3;. The van der Waals surface area contributed by atoms with E-state index in [1.807, 2.05) is 36.5 Å². The van der Waals surface area contributed by atoms with Crippen molar-refractivity contribution >= 4 is 83.0 Å². The molecule has 12 rings (SSSR count). The Bertz CT molecular complexity index is 3500. The summed E-state index contributed by atoms with van der Waals surface area (Å²) in [6.07, 6.45) is 1.83. The van der Waals surface area contributed by atoms with Crippen LogP contribution in [0.5, 0.6) is 11.5 Å². The summed E-state index contributed by atoms with van der Waals surface area (Å²) in [6, 6.07) is 58.2. The van der Waals surface area contributed by atoms with E-state index in [9.17, 15) is 0 Å². The minimum Gasteiger partial charge on any atom is -0.503 e. The van der Waals surface area contributed by atoms with Gasteiger partial charge in [-0.25, -0.2) is 4.98 Å². The van der Waals surface area contributed by atoms with E-state index in [1.54, 1.807) is 0 Å². The Balaban J connectivity index is 0.00000408. The molecule has 7 nitrogen and oxygen atoms in total. The number of imidazole rings is 1. The average molecular weight is 955 g/mol. The fourth-order valence-corrected chi connectivity index (χ4v) is 9.34. The van der Waals surface area contributed by atoms with Crippen LogP contribution in [0.15, 0.2) is 152 Å². The van der Waals surface area contributed by atoms with Crippen LogP contribution in [0, 0.1) is 39.6 Å². The second-order valence-electron chi connectivity index (χ2n) is 15.4. The number of hydrogen-bond donors (Lipinski definition) is 0. The molecule has 1 aliphatic heterocycles. The molecular weight excluding hydrogens is 920 g/mol. The number of nitrogens with zero attached hydrogens (tertiary/aromatic N) is 6. The fourth-order valence-electron chi connectivity index (χ4n) is 9.34. The van der Waals surface area contributed by atoms with Crippen LogP contribution in [0.3, 0.4) is 0 Å². The first-order valence-corrected chi connectivity index (χ1v) is 19.8. The van der Waals surface area contributed by atoms with Crippen molar-refractivity contribution in [2.24, 2.45) is 0 Å². The van der Waals surface area contributed by atoms with Gasteiger partial charge < -0.3 is 23.5 Å². The molecule has 0 N–H and O–H groups in total. The first-order chi connectivity index (χ1) is 29.0. The number of anilines is 4. The first-order valence-electron chi connectivity index (χ1n) is 19.8. The van der Waals surface area contributed by atoms with Crippen LogP contribution < -0.4 is 14.5 Å². The topological polar surface area (TPSA) is 50.8 Å². The van der Waals surface area contributed by atoms with Gasteiger partial charge in [0.25, 0.3) is 0 Å². The van der Waals surface area contributed by atoms with Crippen molar-refractivity contribution in [3.05, 3.63) is 187 Å². The molecular formula is C52H35N6OPt-3. The van der Waals surface area contributed by atoms with Crippen LogP contribution in [-0.4, -0.2) is 18.9 Å². The molecule has 11 aromatic rings. The summed E-state index contributed by atoms with van der Waals surface area (Å²) < 4.78 is 11.4. The van der Waals surface area contributed by atoms with E-state index in [0.29, 0.717) is 11.5 Å². The Kier molecular flexibility index (Phi) is 8.33. The number of aromatic nitrogens is 4. The van der Waals surface area contributed by atoms with Gasteiger partial charge in [-0.05, 0) is 96.7 Å². The molecule has 292 valence electrons. The summed E-state index contributed by atoms with van der Waals surface area (Å²) in [5, 5.41) is 5.10. The number of hydrogen-bond acceptors (Lipinski definition) is 5. The zero-order valence-electron chi connectivity index (χ0n) is 32.9. The zero-order chi connectivity index (χ0) is 39.4. The summed E-state index contributed by atoms with van der Waals surface area (Å²) >= 11 is 0. The molecule has 0 radical (unpaired) electrons. The van der Waals surface area contributed by atoms with Crippen molar-refractivity contribution in [2.75, 3.05) is 9.80 Å². The van der Waals surface area contributed by atoms with E-state index in [1.165, 1.54) is 22.4 Å². The number of rotatable bonds is 5. The smallest absolute Gasteiger partial charge is 0.128 e. The van der Waals surface area contributed by atoms with Crippen molar-refractivity contribution in [2.45, 2.75) is 20.8 Å². The molecule has 0 fully saturated rings. The third-order valence-corrected chi connectivity index (χ3v) is 11.6. The van der Waals surface area contributed by atoms with E-state index < -0.39 is 0 Å². The molecule has 0 aliphatic carbocycles. The van der Waals surface area contributed by atoms with Gasteiger partial charge in [0.1, 0.15) is 5.65 Å². The van der Waals surface area contributed by atoms with E-state index >= 15 is 0 Å². The van der Waals surface area contributed by atoms with E-state index in [2.05, 4.69) is 174 Å². The number of aryl methyl sites for hydroxylation is 3. The molecule has 0 atom stereocenters. The summed E-state index contributed by atoms with van der Waals surface area (Å²) in [5.41, 5.74) is 14.6. The molecule has 0 amide bonds.